The molecule has 0 aliphatic heterocycles. The fourth-order valence-electron chi connectivity index (χ4n) is 2.94. The van der Waals surface area contributed by atoms with Gasteiger partial charge in [-0.25, -0.2) is 9.50 Å². The van der Waals surface area contributed by atoms with E-state index in [1.54, 1.807) is 23.1 Å². The van der Waals surface area contributed by atoms with E-state index < -0.39 is 0 Å². The van der Waals surface area contributed by atoms with Crippen molar-refractivity contribution in [3.8, 4) is 11.8 Å². The number of hydrogen-bond acceptors (Lipinski definition) is 4. The van der Waals surface area contributed by atoms with Gasteiger partial charge in [0.1, 0.15) is 0 Å². The lowest BCUT2D eigenvalue weighted by molar-refractivity contribution is 0.0992. The molecule has 0 aliphatic carbocycles. The SMILES string of the molecule is Cc1ccnc(CC(=O)c2ccc(C)c(C#Cc3cnn4cccnc34)c2)c1. The maximum atomic E-state index is 12.7. The molecule has 28 heavy (non-hydrogen) atoms. The number of carbonyl (C=O) groups excluding carboxylic acids is 1. The van der Waals surface area contributed by atoms with E-state index in [-0.39, 0.29) is 12.2 Å². The standard InChI is InChI=1S/C23H18N4O/c1-16-8-10-24-21(12-16)14-22(28)19-5-4-17(2)18(13-19)6-7-20-15-26-27-11-3-9-25-23(20)27/h3-5,8-13,15H,14H2,1-2H3. The highest BCUT2D eigenvalue weighted by atomic mass is 16.1. The van der Waals surface area contributed by atoms with E-state index in [2.05, 4.69) is 26.9 Å². The first-order valence-electron chi connectivity index (χ1n) is 8.96. The molecule has 0 atom stereocenters. The molecule has 0 fully saturated rings. The molecule has 4 aromatic rings. The largest absolute Gasteiger partial charge is 0.294 e. The Kier molecular flexibility index (Phi) is 4.69. The molecule has 0 saturated heterocycles. The van der Waals surface area contributed by atoms with E-state index in [1.807, 2.05) is 56.4 Å². The molecule has 5 heteroatoms. The van der Waals surface area contributed by atoms with E-state index in [1.165, 1.54) is 0 Å². The number of aromatic nitrogens is 4. The number of benzene rings is 1. The highest BCUT2D eigenvalue weighted by molar-refractivity contribution is 5.97. The summed E-state index contributed by atoms with van der Waals surface area (Å²) in [5.74, 6) is 6.32. The van der Waals surface area contributed by atoms with Gasteiger partial charge in [-0.05, 0) is 49.2 Å². The molecule has 3 aromatic heterocycles. The van der Waals surface area contributed by atoms with Gasteiger partial charge < -0.3 is 0 Å². The van der Waals surface area contributed by atoms with Gasteiger partial charge in [-0.2, -0.15) is 5.10 Å². The van der Waals surface area contributed by atoms with Gasteiger partial charge in [0.2, 0.25) is 0 Å². The Balaban J connectivity index is 1.62. The quantitative estimate of drug-likeness (QED) is 0.411. The number of nitrogens with zero attached hydrogens (tertiary/aromatic N) is 4. The molecule has 3 heterocycles. The van der Waals surface area contributed by atoms with Crippen LogP contribution in [0.2, 0.25) is 0 Å². The van der Waals surface area contributed by atoms with Gasteiger partial charge >= 0.3 is 0 Å². The van der Waals surface area contributed by atoms with Crippen LogP contribution in [0.25, 0.3) is 5.65 Å². The summed E-state index contributed by atoms with van der Waals surface area (Å²) in [6, 6.07) is 11.3. The van der Waals surface area contributed by atoms with Gasteiger partial charge in [-0.3, -0.25) is 9.78 Å². The van der Waals surface area contributed by atoms with Crippen molar-refractivity contribution in [1.29, 1.82) is 0 Å². The monoisotopic (exact) mass is 366 g/mol. The third kappa shape index (κ3) is 3.67. The second-order valence-electron chi connectivity index (χ2n) is 6.65. The summed E-state index contributed by atoms with van der Waals surface area (Å²) in [7, 11) is 0. The summed E-state index contributed by atoms with van der Waals surface area (Å²) >= 11 is 0. The minimum atomic E-state index is 0.0267. The van der Waals surface area contributed by atoms with Crippen molar-refractivity contribution in [3.63, 3.8) is 0 Å². The average Bonchev–Trinajstić information content (AvgIpc) is 3.10. The zero-order valence-corrected chi connectivity index (χ0v) is 15.7. The lowest BCUT2D eigenvalue weighted by Gasteiger charge is -2.05. The van der Waals surface area contributed by atoms with E-state index in [0.29, 0.717) is 11.2 Å². The van der Waals surface area contributed by atoms with Gasteiger partial charge in [0, 0.05) is 35.4 Å². The van der Waals surface area contributed by atoms with Crippen LogP contribution in [0.3, 0.4) is 0 Å². The first-order chi connectivity index (χ1) is 13.6. The maximum absolute atomic E-state index is 12.7. The Hall–Kier alpha value is -3.78. The second-order valence-corrected chi connectivity index (χ2v) is 6.65. The number of aryl methyl sites for hydroxylation is 2. The number of hydrogen-bond donors (Lipinski definition) is 0. The van der Waals surface area contributed by atoms with E-state index in [4.69, 9.17) is 0 Å². The number of fused-ring (bicyclic) bond motifs is 1. The lowest BCUT2D eigenvalue weighted by Crippen LogP contribution is -2.06. The topological polar surface area (TPSA) is 60.2 Å². The lowest BCUT2D eigenvalue weighted by atomic mass is 10.00. The Morgan fingerprint density at radius 3 is 2.75 bits per heavy atom. The highest BCUT2D eigenvalue weighted by Gasteiger charge is 2.10. The first-order valence-corrected chi connectivity index (χ1v) is 8.96. The fraction of sp³-hybridized carbons (Fsp3) is 0.130. The molecule has 0 aliphatic rings. The highest BCUT2D eigenvalue weighted by Crippen LogP contribution is 2.14. The number of ketones is 1. The summed E-state index contributed by atoms with van der Waals surface area (Å²) < 4.78 is 1.69. The first kappa shape index (κ1) is 17.6. The molecule has 0 radical (unpaired) electrons. The van der Waals surface area contributed by atoms with Crippen molar-refractivity contribution in [2.75, 3.05) is 0 Å². The van der Waals surface area contributed by atoms with Crippen molar-refractivity contribution in [3.05, 3.63) is 94.7 Å². The molecule has 5 nitrogen and oxygen atoms in total. The fourth-order valence-corrected chi connectivity index (χ4v) is 2.94. The zero-order valence-electron chi connectivity index (χ0n) is 15.7. The molecule has 0 saturated carbocycles. The van der Waals surface area contributed by atoms with E-state index in [9.17, 15) is 4.79 Å². The van der Waals surface area contributed by atoms with Crippen LogP contribution < -0.4 is 0 Å². The summed E-state index contributed by atoms with van der Waals surface area (Å²) in [6.45, 7) is 3.97. The summed E-state index contributed by atoms with van der Waals surface area (Å²) in [5.41, 5.74) is 5.80. The molecule has 4 rings (SSSR count). The Labute approximate surface area is 163 Å². The van der Waals surface area contributed by atoms with Crippen molar-refractivity contribution in [2.24, 2.45) is 0 Å². The van der Waals surface area contributed by atoms with Crippen LogP contribution in [-0.2, 0) is 6.42 Å². The van der Waals surface area contributed by atoms with Crippen LogP contribution in [0.1, 0.15) is 38.3 Å². The average molecular weight is 366 g/mol. The maximum Gasteiger partial charge on any atom is 0.170 e. The molecule has 1 aromatic carbocycles. The normalized spacial score (nSPS) is 10.5. The Morgan fingerprint density at radius 1 is 1.04 bits per heavy atom. The van der Waals surface area contributed by atoms with Gasteiger partial charge in [-0.1, -0.05) is 24.0 Å². The van der Waals surface area contributed by atoms with Gasteiger partial charge in [0.05, 0.1) is 18.2 Å². The third-order valence-corrected chi connectivity index (χ3v) is 4.48. The molecular formula is C23H18N4O. The van der Waals surface area contributed by atoms with Crippen LogP contribution >= 0.6 is 0 Å². The van der Waals surface area contributed by atoms with E-state index >= 15 is 0 Å². The second kappa shape index (κ2) is 7.45. The van der Waals surface area contributed by atoms with Gasteiger partial charge in [-0.15, -0.1) is 0 Å². The Bertz CT molecular complexity index is 1240. The summed E-state index contributed by atoms with van der Waals surface area (Å²) in [4.78, 5) is 21.3. The minimum absolute atomic E-state index is 0.0267. The van der Waals surface area contributed by atoms with Gasteiger partial charge in [0.15, 0.2) is 11.4 Å². The van der Waals surface area contributed by atoms with Crippen molar-refractivity contribution in [2.45, 2.75) is 20.3 Å². The minimum Gasteiger partial charge on any atom is -0.294 e. The number of Topliss-reactive ketones (excluding diaryl/α,β-unsaturated/α-hetero) is 1. The number of carbonyl (C=O) groups is 1. The third-order valence-electron chi connectivity index (χ3n) is 4.48. The predicted molar refractivity (Wildman–Crippen MR) is 107 cm³/mol. The zero-order chi connectivity index (χ0) is 19.5. The molecular weight excluding hydrogens is 348 g/mol. The summed E-state index contributed by atoms with van der Waals surface area (Å²) in [6.07, 6.45) is 7.25. The molecule has 136 valence electrons. The van der Waals surface area contributed by atoms with Crippen LogP contribution in [-0.4, -0.2) is 25.4 Å². The van der Waals surface area contributed by atoms with Crippen molar-refractivity contribution < 1.29 is 4.79 Å². The molecule has 0 bridgehead atoms. The van der Waals surface area contributed by atoms with Crippen LogP contribution in [0.15, 0.2) is 61.2 Å². The molecule has 0 N–H and O–H groups in total. The van der Waals surface area contributed by atoms with Crippen molar-refractivity contribution in [1.82, 2.24) is 19.6 Å². The van der Waals surface area contributed by atoms with Crippen LogP contribution in [0, 0.1) is 25.7 Å². The molecule has 0 amide bonds. The number of pyridine rings is 1. The Morgan fingerprint density at radius 2 is 1.89 bits per heavy atom. The van der Waals surface area contributed by atoms with E-state index in [0.717, 1.165) is 27.9 Å². The number of rotatable bonds is 3. The van der Waals surface area contributed by atoms with Gasteiger partial charge in [0.25, 0.3) is 0 Å². The summed E-state index contributed by atoms with van der Waals surface area (Å²) in [5, 5.41) is 4.24. The van der Waals surface area contributed by atoms with Crippen molar-refractivity contribution >= 4 is 11.4 Å². The van der Waals surface area contributed by atoms with Crippen LogP contribution in [0.5, 0.6) is 0 Å². The smallest absolute Gasteiger partial charge is 0.170 e. The predicted octanol–water partition coefficient (Wildman–Crippen LogP) is 3.57. The molecule has 0 unspecified atom stereocenters. The van der Waals surface area contributed by atoms with Crippen LogP contribution in [0.4, 0.5) is 0 Å². The molecule has 0 spiro atoms.